The molecule has 0 aliphatic carbocycles. The molecule has 0 amide bonds. The molecule has 1 unspecified atom stereocenters. The second-order valence-corrected chi connectivity index (χ2v) is 7.21. The number of hydrogen-bond donors (Lipinski definition) is 0. The van der Waals surface area contributed by atoms with Crippen LogP contribution in [0.1, 0.15) is 28.7 Å². The number of rotatable bonds is 4. The lowest BCUT2D eigenvalue weighted by molar-refractivity contribution is -0.137. The average Bonchev–Trinajstić information content (AvgIpc) is 2.89. The highest BCUT2D eigenvalue weighted by atomic mass is 35.5. The van der Waals surface area contributed by atoms with Crippen LogP contribution in [0.5, 0.6) is 0 Å². The van der Waals surface area contributed by atoms with Gasteiger partial charge in [0.05, 0.1) is 22.9 Å². The zero-order valence-electron chi connectivity index (χ0n) is 14.4. The van der Waals surface area contributed by atoms with E-state index in [4.69, 9.17) is 11.6 Å². The molecule has 1 atom stereocenters. The Morgan fingerprint density at radius 3 is 2.28 bits per heavy atom. The van der Waals surface area contributed by atoms with Gasteiger partial charge >= 0.3 is 17.7 Å². The van der Waals surface area contributed by atoms with Crippen molar-refractivity contribution in [3.63, 3.8) is 0 Å². The zero-order chi connectivity index (χ0) is 22.3. The van der Waals surface area contributed by atoms with Crippen molar-refractivity contribution in [2.75, 3.05) is 6.61 Å². The van der Waals surface area contributed by atoms with Crippen LogP contribution in [0.15, 0.2) is 17.0 Å². The molecule has 0 aliphatic rings. The standard InChI is InChI=1S/C15H10ClF7N2O3S/c1-3-28-13(26)10-12(29(27)15(21,22)23)6(2)25(24-10)11-8(16)4-7(5-9(11)17)14(18,19)20/h4-5H,3H2,1-2H3. The van der Waals surface area contributed by atoms with Crippen molar-refractivity contribution in [3.8, 4) is 5.69 Å². The van der Waals surface area contributed by atoms with Crippen LogP contribution in [-0.4, -0.2) is 32.1 Å². The van der Waals surface area contributed by atoms with Crippen LogP contribution in [0, 0.1) is 12.7 Å². The van der Waals surface area contributed by atoms with E-state index >= 15 is 0 Å². The van der Waals surface area contributed by atoms with Crippen LogP contribution in [-0.2, 0) is 21.7 Å². The second kappa shape index (κ2) is 7.94. The summed E-state index contributed by atoms with van der Waals surface area (Å²) in [4.78, 5) is 10.9. The summed E-state index contributed by atoms with van der Waals surface area (Å²) < 4.78 is 108. The number of carbonyl (C=O) groups excluding carboxylic acids is 1. The summed E-state index contributed by atoms with van der Waals surface area (Å²) in [6.45, 7) is 1.99. The number of hydrogen-bond acceptors (Lipinski definition) is 4. The fourth-order valence-electron chi connectivity index (χ4n) is 2.31. The van der Waals surface area contributed by atoms with Gasteiger partial charge in [0.25, 0.3) is 0 Å². The maximum atomic E-state index is 14.4. The van der Waals surface area contributed by atoms with Gasteiger partial charge in [-0.15, -0.1) is 0 Å². The summed E-state index contributed by atoms with van der Waals surface area (Å²) in [5.74, 6) is -2.96. The maximum absolute atomic E-state index is 14.4. The van der Waals surface area contributed by atoms with E-state index in [1.54, 1.807) is 0 Å². The average molecular weight is 467 g/mol. The molecule has 160 valence electrons. The van der Waals surface area contributed by atoms with Gasteiger partial charge in [-0.05, 0) is 26.0 Å². The van der Waals surface area contributed by atoms with Crippen LogP contribution in [0.3, 0.4) is 0 Å². The molecule has 2 aromatic rings. The number of benzene rings is 1. The van der Waals surface area contributed by atoms with Gasteiger partial charge in [-0.3, -0.25) is 0 Å². The molecule has 0 fully saturated rings. The topological polar surface area (TPSA) is 61.2 Å². The van der Waals surface area contributed by atoms with Crippen molar-refractivity contribution in [3.05, 3.63) is 39.9 Å². The first-order valence-corrected chi connectivity index (χ1v) is 9.04. The first kappa shape index (κ1) is 23.1. The number of carbonyl (C=O) groups is 1. The lowest BCUT2D eigenvalue weighted by atomic mass is 10.2. The van der Waals surface area contributed by atoms with E-state index in [0.717, 1.165) is 6.92 Å². The Balaban J connectivity index is 2.79. The molecule has 1 heterocycles. The first-order valence-electron chi connectivity index (χ1n) is 7.52. The number of nitrogens with zero attached hydrogens (tertiary/aromatic N) is 2. The highest BCUT2D eigenvalue weighted by molar-refractivity contribution is 7.86. The minimum Gasteiger partial charge on any atom is -0.461 e. The summed E-state index contributed by atoms with van der Waals surface area (Å²) in [5.41, 5.74) is -9.26. The summed E-state index contributed by atoms with van der Waals surface area (Å²) in [5, 5.41) is 2.65. The van der Waals surface area contributed by atoms with Gasteiger partial charge in [0.2, 0.25) is 0 Å². The Bertz CT molecular complexity index is 963. The van der Waals surface area contributed by atoms with E-state index in [0.29, 0.717) is 10.7 Å². The van der Waals surface area contributed by atoms with E-state index in [2.05, 4.69) is 9.84 Å². The second-order valence-electron chi connectivity index (χ2n) is 5.40. The Hall–Kier alpha value is -2.15. The summed E-state index contributed by atoms with van der Waals surface area (Å²) in [6.07, 6.45) is -4.94. The van der Waals surface area contributed by atoms with Gasteiger partial charge in [-0.1, -0.05) is 11.6 Å². The van der Waals surface area contributed by atoms with Crippen LogP contribution in [0.4, 0.5) is 30.7 Å². The van der Waals surface area contributed by atoms with Gasteiger partial charge in [0, 0.05) is 0 Å². The van der Waals surface area contributed by atoms with Crippen molar-refractivity contribution in [1.82, 2.24) is 9.78 Å². The molecule has 0 saturated carbocycles. The zero-order valence-corrected chi connectivity index (χ0v) is 16.0. The number of ether oxygens (including phenoxy) is 1. The van der Waals surface area contributed by atoms with Crippen LogP contribution >= 0.6 is 11.6 Å². The number of halogens is 8. The van der Waals surface area contributed by atoms with Gasteiger partial charge < -0.3 is 4.74 Å². The van der Waals surface area contributed by atoms with E-state index in [1.165, 1.54) is 6.92 Å². The summed E-state index contributed by atoms with van der Waals surface area (Å²) >= 11 is 5.70. The molecular weight excluding hydrogens is 457 g/mol. The predicted octanol–water partition coefficient (Wildman–Crippen LogP) is 4.80. The summed E-state index contributed by atoms with van der Waals surface area (Å²) in [6, 6.07) is 0.401. The van der Waals surface area contributed by atoms with Crippen LogP contribution < -0.4 is 0 Å². The van der Waals surface area contributed by atoms with Gasteiger partial charge in [0.1, 0.15) is 10.6 Å². The molecular formula is C15H10ClF7N2O3S. The highest BCUT2D eigenvalue weighted by Gasteiger charge is 2.43. The molecule has 29 heavy (non-hydrogen) atoms. The Morgan fingerprint density at radius 1 is 1.24 bits per heavy atom. The first-order chi connectivity index (χ1) is 13.2. The normalized spacial score (nSPS) is 13.4. The molecule has 0 spiro atoms. The predicted molar refractivity (Wildman–Crippen MR) is 86.7 cm³/mol. The van der Waals surface area contributed by atoms with E-state index in [-0.39, 0.29) is 12.7 Å². The Labute approximate surface area is 165 Å². The largest absolute Gasteiger partial charge is 0.476 e. The third kappa shape index (κ3) is 4.55. The van der Waals surface area contributed by atoms with Crippen molar-refractivity contribution < 1.29 is 44.5 Å². The van der Waals surface area contributed by atoms with Crippen LogP contribution in [0.25, 0.3) is 5.69 Å². The molecule has 0 bridgehead atoms. The molecule has 1 aromatic carbocycles. The minimum atomic E-state index is -5.30. The lowest BCUT2D eigenvalue weighted by Crippen LogP contribution is -2.19. The smallest absolute Gasteiger partial charge is 0.461 e. The molecule has 0 aliphatic heterocycles. The van der Waals surface area contributed by atoms with Gasteiger partial charge in [0.15, 0.2) is 22.3 Å². The molecule has 2 rings (SSSR count). The number of aromatic nitrogens is 2. The van der Waals surface area contributed by atoms with Crippen molar-refractivity contribution in [1.29, 1.82) is 0 Å². The highest BCUT2D eigenvalue weighted by Crippen LogP contribution is 2.37. The minimum absolute atomic E-state index is 0.0623. The Morgan fingerprint density at radius 2 is 1.83 bits per heavy atom. The quantitative estimate of drug-likeness (QED) is 0.480. The molecule has 0 radical (unpaired) electrons. The van der Waals surface area contributed by atoms with Crippen LogP contribution in [0.2, 0.25) is 5.02 Å². The third-order valence-electron chi connectivity index (χ3n) is 3.48. The molecule has 5 nitrogen and oxygen atoms in total. The SMILES string of the molecule is CCOC(=O)c1nn(-c2c(F)cc(C(F)(F)F)cc2Cl)c(C)c1S(=O)C(F)(F)F. The van der Waals surface area contributed by atoms with Gasteiger partial charge in [-0.25, -0.2) is 18.1 Å². The van der Waals surface area contributed by atoms with Crippen molar-refractivity contribution in [2.45, 2.75) is 30.4 Å². The van der Waals surface area contributed by atoms with Gasteiger partial charge in [-0.2, -0.15) is 31.4 Å². The lowest BCUT2D eigenvalue weighted by Gasteiger charge is -2.13. The molecule has 14 heteroatoms. The van der Waals surface area contributed by atoms with E-state index in [9.17, 15) is 39.7 Å². The van der Waals surface area contributed by atoms with Crippen molar-refractivity contribution >= 4 is 28.4 Å². The Kier molecular flexibility index (Phi) is 6.33. The fraction of sp³-hybridized carbons (Fsp3) is 0.333. The van der Waals surface area contributed by atoms with E-state index < -0.39 is 66.8 Å². The van der Waals surface area contributed by atoms with E-state index in [1.807, 2.05) is 0 Å². The fourth-order valence-corrected chi connectivity index (χ4v) is 3.48. The van der Waals surface area contributed by atoms with Crippen molar-refractivity contribution in [2.24, 2.45) is 0 Å². The summed E-state index contributed by atoms with van der Waals surface area (Å²) in [7, 11) is -3.76. The maximum Gasteiger partial charge on any atom is 0.476 e. The molecule has 0 saturated heterocycles. The molecule has 0 N–H and O–H groups in total. The molecule has 1 aromatic heterocycles. The monoisotopic (exact) mass is 466 g/mol. The number of alkyl halides is 6. The third-order valence-corrected chi connectivity index (χ3v) is 5.05. The number of esters is 1.